The second-order valence-corrected chi connectivity index (χ2v) is 4.17. The van der Waals surface area contributed by atoms with Gasteiger partial charge >= 0.3 is 0 Å². The number of anilines is 1. The minimum absolute atomic E-state index is 0.233. The van der Waals surface area contributed by atoms with E-state index in [2.05, 4.69) is 10.3 Å². The molecule has 94 valence electrons. The third-order valence-corrected chi connectivity index (χ3v) is 2.90. The van der Waals surface area contributed by atoms with Gasteiger partial charge in [0.25, 0.3) is 11.5 Å². The Bertz CT molecular complexity index is 704. The Labute approximate surface area is 109 Å². The van der Waals surface area contributed by atoms with Crippen molar-refractivity contribution in [2.45, 2.75) is 6.04 Å². The van der Waals surface area contributed by atoms with E-state index >= 15 is 0 Å². The van der Waals surface area contributed by atoms with Crippen molar-refractivity contribution in [3.05, 3.63) is 58.9 Å². The number of amides is 1. The Morgan fingerprint density at radius 1 is 1.11 bits per heavy atom. The number of aliphatic imine (C=N–C) groups is 1. The highest BCUT2D eigenvalue weighted by Gasteiger charge is 2.25. The molecule has 2 heterocycles. The van der Waals surface area contributed by atoms with Gasteiger partial charge in [-0.25, -0.2) is 4.99 Å². The maximum absolute atomic E-state index is 12.2. The summed E-state index contributed by atoms with van der Waals surface area (Å²) in [6.45, 7) is 0. The first-order chi connectivity index (χ1) is 9.25. The first kappa shape index (κ1) is 11.4. The zero-order valence-corrected chi connectivity index (χ0v) is 9.98. The zero-order chi connectivity index (χ0) is 13.2. The summed E-state index contributed by atoms with van der Waals surface area (Å²) in [6.07, 6.45) is 1.48. The van der Waals surface area contributed by atoms with Crippen LogP contribution in [0.3, 0.4) is 0 Å². The van der Waals surface area contributed by atoms with E-state index in [9.17, 15) is 9.59 Å². The molecule has 0 saturated heterocycles. The lowest BCUT2D eigenvalue weighted by molar-refractivity contribution is -0.117. The summed E-state index contributed by atoms with van der Waals surface area (Å²) in [6, 6.07) is 13.2. The molecule has 1 N–H and O–H groups in total. The number of aromatic nitrogens is 1. The standard InChI is InChI=1S/C14H11N3O2/c18-13-8-4-7-12-15-9-11(17(12)13)14(19)16-10-5-2-1-3-6-10/h1-9,11H,(H,16,19). The molecule has 0 spiro atoms. The average Bonchev–Trinajstić information content (AvgIpc) is 2.85. The number of hydrogen-bond donors (Lipinski definition) is 1. The van der Waals surface area contributed by atoms with Crippen LogP contribution >= 0.6 is 0 Å². The maximum atomic E-state index is 12.2. The Kier molecular flexibility index (Phi) is 2.72. The number of carbonyl (C=O) groups excluding carboxylic acids is 1. The monoisotopic (exact) mass is 253 g/mol. The van der Waals surface area contributed by atoms with Gasteiger partial charge in [-0.15, -0.1) is 0 Å². The third-order valence-electron chi connectivity index (χ3n) is 2.90. The van der Waals surface area contributed by atoms with Crippen LogP contribution in [0, 0.1) is 0 Å². The summed E-state index contributed by atoms with van der Waals surface area (Å²) < 4.78 is 1.37. The predicted molar refractivity (Wildman–Crippen MR) is 73.0 cm³/mol. The summed E-state index contributed by atoms with van der Waals surface area (Å²) in [7, 11) is 0. The molecule has 0 bridgehead atoms. The molecule has 1 aromatic heterocycles. The molecule has 5 nitrogen and oxygen atoms in total. The number of nitrogens with one attached hydrogen (secondary N) is 1. The van der Waals surface area contributed by atoms with Crippen LogP contribution in [0.4, 0.5) is 11.5 Å². The number of rotatable bonds is 2. The summed E-state index contributed by atoms with van der Waals surface area (Å²) in [5, 5.41) is 2.76. The Balaban J connectivity index is 1.88. The molecule has 1 aliphatic rings. The zero-order valence-electron chi connectivity index (χ0n) is 9.98. The van der Waals surface area contributed by atoms with Gasteiger partial charge in [0.05, 0.1) is 0 Å². The van der Waals surface area contributed by atoms with Crippen molar-refractivity contribution >= 4 is 23.6 Å². The molecular formula is C14H11N3O2. The number of benzene rings is 1. The van der Waals surface area contributed by atoms with E-state index in [1.807, 2.05) is 18.2 Å². The van der Waals surface area contributed by atoms with Crippen LogP contribution in [0.15, 0.2) is 58.3 Å². The van der Waals surface area contributed by atoms with Crippen molar-refractivity contribution in [3.8, 4) is 0 Å². The second-order valence-electron chi connectivity index (χ2n) is 4.17. The molecule has 1 atom stereocenters. The minimum atomic E-state index is -0.691. The number of hydrogen-bond acceptors (Lipinski definition) is 3. The van der Waals surface area contributed by atoms with Crippen molar-refractivity contribution in [1.82, 2.24) is 4.57 Å². The lowest BCUT2D eigenvalue weighted by Gasteiger charge is -2.12. The average molecular weight is 253 g/mol. The van der Waals surface area contributed by atoms with E-state index in [1.54, 1.807) is 24.3 Å². The summed E-state index contributed by atoms with van der Waals surface area (Å²) >= 11 is 0. The van der Waals surface area contributed by atoms with Crippen molar-refractivity contribution in [1.29, 1.82) is 0 Å². The molecule has 2 aromatic rings. The third kappa shape index (κ3) is 2.06. The van der Waals surface area contributed by atoms with Crippen LogP contribution in [0.2, 0.25) is 0 Å². The highest BCUT2D eigenvalue weighted by molar-refractivity contribution is 6.05. The molecule has 3 rings (SSSR count). The van der Waals surface area contributed by atoms with E-state index < -0.39 is 6.04 Å². The molecule has 19 heavy (non-hydrogen) atoms. The summed E-state index contributed by atoms with van der Waals surface area (Å²) in [5.74, 6) is 0.225. The second kappa shape index (κ2) is 4.53. The fourth-order valence-corrected chi connectivity index (χ4v) is 2.01. The molecule has 5 heteroatoms. The molecular weight excluding hydrogens is 242 g/mol. The van der Waals surface area contributed by atoms with Gasteiger partial charge in [0.15, 0.2) is 6.04 Å². The Morgan fingerprint density at radius 2 is 1.89 bits per heavy atom. The molecule has 1 aromatic carbocycles. The molecule has 0 aliphatic carbocycles. The summed E-state index contributed by atoms with van der Waals surface area (Å²) in [4.78, 5) is 28.0. The van der Waals surface area contributed by atoms with Crippen LogP contribution in [-0.2, 0) is 4.79 Å². The number of pyridine rings is 1. The number of carbonyl (C=O) groups is 1. The van der Waals surface area contributed by atoms with Gasteiger partial charge < -0.3 is 5.32 Å². The lowest BCUT2D eigenvalue weighted by atomic mass is 10.2. The van der Waals surface area contributed by atoms with Crippen molar-refractivity contribution < 1.29 is 4.79 Å². The van der Waals surface area contributed by atoms with Gasteiger partial charge in [-0.2, -0.15) is 0 Å². The van der Waals surface area contributed by atoms with Gasteiger partial charge in [0.2, 0.25) is 0 Å². The number of nitrogens with zero attached hydrogens (tertiary/aromatic N) is 2. The number of fused-ring (bicyclic) bond motifs is 1. The molecule has 1 unspecified atom stereocenters. The Morgan fingerprint density at radius 3 is 2.68 bits per heavy atom. The SMILES string of the molecule is O=C(Nc1ccccc1)C1C=Nc2cccc(=O)n21. The molecule has 1 amide bonds. The maximum Gasteiger partial charge on any atom is 0.253 e. The molecule has 0 radical (unpaired) electrons. The van der Waals surface area contributed by atoms with Gasteiger partial charge in [0.1, 0.15) is 5.82 Å². The van der Waals surface area contributed by atoms with Gasteiger partial charge in [-0.3, -0.25) is 14.2 Å². The molecule has 0 fully saturated rings. The quantitative estimate of drug-likeness (QED) is 0.886. The highest BCUT2D eigenvalue weighted by atomic mass is 16.2. The highest BCUT2D eigenvalue weighted by Crippen LogP contribution is 2.22. The molecule has 1 aliphatic heterocycles. The Hall–Kier alpha value is -2.69. The van der Waals surface area contributed by atoms with Crippen LogP contribution in [0.5, 0.6) is 0 Å². The van der Waals surface area contributed by atoms with Gasteiger partial charge in [-0.1, -0.05) is 24.3 Å². The van der Waals surface area contributed by atoms with Gasteiger partial charge in [0, 0.05) is 18.0 Å². The lowest BCUT2D eigenvalue weighted by Crippen LogP contribution is -2.31. The van der Waals surface area contributed by atoms with E-state index in [0.29, 0.717) is 11.5 Å². The first-order valence-corrected chi connectivity index (χ1v) is 5.87. The van der Waals surface area contributed by atoms with Crippen molar-refractivity contribution in [2.24, 2.45) is 4.99 Å². The smallest absolute Gasteiger partial charge is 0.253 e. The fourth-order valence-electron chi connectivity index (χ4n) is 2.01. The van der Waals surface area contributed by atoms with E-state index in [0.717, 1.165) is 0 Å². The van der Waals surface area contributed by atoms with Crippen LogP contribution in [0.1, 0.15) is 6.04 Å². The number of para-hydroxylation sites is 1. The van der Waals surface area contributed by atoms with Crippen molar-refractivity contribution in [3.63, 3.8) is 0 Å². The van der Waals surface area contributed by atoms with Crippen LogP contribution in [-0.4, -0.2) is 16.7 Å². The molecule has 0 saturated carbocycles. The van der Waals surface area contributed by atoms with Crippen LogP contribution in [0.25, 0.3) is 0 Å². The van der Waals surface area contributed by atoms with Gasteiger partial charge in [-0.05, 0) is 18.2 Å². The first-order valence-electron chi connectivity index (χ1n) is 5.87. The largest absolute Gasteiger partial charge is 0.324 e. The van der Waals surface area contributed by atoms with E-state index in [4.69, 9.17) is 0 Å². The topological polar surface area (TPSA) is 63.5 Å². The normalized spacial score (nSPS) is 16.1. The fraction of sp³-hybridized carbons (Fsp3) is 0.0714. The van der Waals surface area contributed by atoms with E-state index in [-0.39, 0.29) is 11.5 Å². The van der Waals surface area contributed by atoms with Crippen LogP contribution < -0.4 is 10.9 Å². The van der Waals surface area contributed by atoms with E-state index in [1.165, 1.54) is 16.8 Å². The van der Waals surface area contributed by atoms with Crippen molar-refractivity contribution in [2.75, 3.05) is 5.32 Å². The predicted octanol–water partition coefficient (Wildman–Crippen LogP) is 1.74. The summed E-state index contributed by atoms with van der Waals surface area (Å²) in [5.41, 5.74) is 0.460. The minimum Gasteiger partial charge on any atom is -0.324 e.